The molecule has 2 N–H and O–H groups in total. The molecule has 7 nitrogen and oxygen atoms in total. The molecule has 2 heterocycles. The van der Waals surface area contributed by atoms with E-state index in [1.807, 2.05) is 32.0 Å². The summed E-state index contributed by atoms with van der Waals surface area (Å²) in [5.74, 6) is 1.78. The molecule has 30 heavy (non-hydrogen) atoms. The van der Waals surface area contributed by atoms with Crippen LogP contribution in [0.5, 0.6) is 0 Å². The average Bonchev–Trinajstić information content (AvgIpc) is 3.05. The highest BCUT2D eigenvalue weighted by Gasteiger charge is 2.07. The number of anilines is 1. The van der Waals surface area contributed by atoms with E-state index in [9.17, 15) is 0 Å². The number of nitrogens with one attached hydrogen (secondary N) is 2. The average molecular weight is 408 g/mol. The minimum absolute atomic E-state index is 0.594. The van der Waals surface area contributed by atoms with Crippen molar-refractivity contribution >= 4 is 22.7 Å². The first-order chi connectivity index (χ1) is 14.5. The lowest BCUT2D eigenvalue weighted by atomic mass is 10.1. The maximum Gasteiger partial charge on any atom is 0.191 e. The third-order valence-corrected chi connectivity index (χ3v) is 4.94. The van der Waals surface area contributed by atoms with E-state index in [-0.39, 0.29) is 0 Å². The molecule has 0 saturated carbocycles. The van der Waals surface area contributed by atoms with Gasteiger partial charge in [0.2, 0.25) is 0 Å². The molecule has 7 heteroatoms. The first kappa shape index (κ1) is 21.6. The van der Waals surface area contributed by atoms with Gasteiger partial charge in [0.15, 0.2) is 5.96 Å². The summed E-state index contributed by atoms with van der Waals surface area (Å²) in [6.45, 7) is 9.36. The SMILES string of the molecule is CCNC(=NCc1cc(N(C)C)nc2ccccc12)NCCCn1nc(C)cc1C. The maximum absolute atomic E-state index is 4.83. The van der Waals surface area contributed by atoms with Crippen LogP contribution in [-0.4, -0.2) is 47.9 Å². The normalized spacial score (nSPS) is 11.7. The fourth-order valence-electron chi connectivity index (χ4n) is 3.43. The van der Waals surface area contributed by atoms with Gasteiger partial charge in [0.25, 0.3) is 0 Å². The molecule has 0 fully saturated rings. The molecule has 2 aromatic heterocycles. The van der Waals surface area contributed by atoms with Gasteiger partial charge in [0.05, 0.1) is 17.8 Å². The molecular formula is C23H33N7. The smallest absolute Gasteiger partial charge is 0.191 e. The fourth-order valence-corrected chi connectivity index (χ4v) is 3.43. The quantitative estimate of drug-likeness (QED) is 0.341. The minimum atomic E-state index is 0.594. The van der Waals surface area contributed by atoms with Gasteiger partial charge in [-0.25, -0.2) is 9.98 Å². The Morgan fingerprint density at radius 3 is 2.63 bits per heavy atom. The number of fused-ring (bicyclic) bond motifs is 1. The molecule has 0 amide bonds. The van der Waals surface area contributed by atoms with Crippen LogP contribution in [0.3, 0.4) is 0 Å². The number of rotatable bonds is 8. The van der Waals surface area contributed by atoms with Gasteiger partial charge in [-0.15, -0.1) is 0 Å². The first-order valence-corrected chi connectivity index (χ1v) is 10.6. The topological polar surface area (TPSA) is 70.4 Å². The third-order valence-electron chi connectivity index (χ3n) is 4.94. The summed E-state index contributed by atoms with van der Waals surface area (Å²) >= 11 is 0. The molecule has 3 aromatic rings. The molecular weight excluding hydrogens is 374 g/mol. The van der Waals surface area contributed by atoms with Crippen LogP contribution in [0, 0.1) is 13.8 Å². The van der Waals surface area contributed by atoms with Crippen molar-refractivity contribution in [2.24, 2.45) is 4.99 Å². The van der Waals surface area contributed by atoms with Crippen LogP contribution in [-0.2, 0) is 13.1 Å². The molecule has 0 unspecified atom stereocenters. The van der Waals surface area contributed by atoms with Crippen molar-refractivity contribution in [1.82, 2.24) is 25.4 Å². The molecule has 160 valence electrons. The van der Waals surface area contributed by atoms with Crippen LogP contribution in [0.2, 0.25) is 0 Å². The van der Waals surface area contributed by atoms with Crippen molar-refractivity contribution in [3.63, 3.8) is 0 Å². The zero-order valence-electron chi connectivity index (χ0n) is 18.7. The lowest BCUT2D eigenvalue weighted by Gasteiger charge is -2.15. The highest BCUT2D eigenvalue weighted by molar-refractivity contribution is 5.85. The number of hydrogen-bond acceptors (Lipinski definition) is 4. The van der Waals surface area contributed by atoms with Crippen LogP contribution < -0.4 is 15.5 Å². The number of benzene rings is 1. The number of aryl methyl sites for hydroxylation is 3. The van der Waals surface area contributed by atoms with Crippen molar-refractivity contribution in [3.8, 4) is 0 Å². The zero-order chi connectivity index (χ0) is 21.5. The summed E-state index contributed by atoms with van der Waals surface area (Å²) in [5.41, 5.74) is 4.44. The highest BCUT2D eigenvalue weighted by Crippen LogP contribution is 2.22. The van der Waals surface area contributed by atoms with E-state index < -0.39 is 0 Å². The van der Waals surface area contributed by atoms with Gasteiger partial charge >= 0.3 is 0 Å². The van der Waals surface area contributed by atoms with Crippen LogP contribution in [0.1, 0.15) is 30.3 Å². The standard InChI is InChI=1S/C23H33N7/c1-6-24-23(25-12-9-13-30-18(3)14-17(2)28-30)26-16-19-15-22(29(4)5)27-21-11-8-7-10-20(19)21/h7-8,10-11,14-15H,6,9,12-13,16H2,1-5H3,(H2,24,25,26). The Hall–Kier alpha value is -3.09. The number of pyridine rings is 1. The van der Waals surface area contributed by atoms with E-state index >= 15 is 0 Å². The van der Waals surface area contributed by atoms with Gasteiger partial charge in [-0.3, -0.25) is 4.68 Å². The van der Waals surface area contributed by atoms with Gasteiger partial charge in [-0.2, -0.15) is 5.10 Å². The molecule has 1 aromatic carbocycles. The molecule has 0 bridgehead atoms. The summed E-state index contributed by atoms with van der Waals surface area (Å²) in [4.78, 5) is 11.6. The second-order valence-electron chi connectivity index (χ2n) is 7.68. The van der Waals surface area contributed by atoms with Crippen molar-refractivity contribution in [2.45, 2.75) is 40.3 Å². The Labute approximate surface area is 179 Å². The van der Waals surface area contributed by atoms with Crippen LogP contribution in [0.4, 0.5) is 5.82 Å². The second kappa shape index (κ2) is 10.1. The molecule has 0 aliphatic rings. The van der Waals surface area contributed by atoms with Crippen molar-refractivity contribution in [3.05, 3.63) is 53.3 Å². The predicted molar refractivity (Wildman–Crippen MR) is 125 cm³/mol. The van der Waals surface area contributed by atoms with Gasteiger partial charge < -0.3 is 15.5 Å². The van der Waals surface area contributed by atoms with Gasteiger partial charge in [-0.05, 0) is 51.0 Å². The van der Waals surface area contributed by atoms with Gasteiger partial charge in [0, 0.05) is 44.8 Å². The predicted octanol–water partition coefficient (Wildman–Crippen LogP) is 3.26. The largest absolute Gasteiger partial charge is 0.363 e. The van der Waals surface area contributed by atoms with E-state index in [2.05, 4.69) is 64.6 Å². The lowest BCUT2D eigenvalue weighted by molar-refractivity contribution is 0.555. The van der Waals surface area contributed by atoms with E-state index in [0.717, 1.165) is 54.4 Å². The fraction of sp³-hybridized carbons (Fsp3) is 0.435. The Morgan fingerprint density at radius 2 is 1.93 bits per heavy atom. The van der Waals surface area contributed by atoms with Crippen molar-refractivity contribution < 1.29 is 0 Å². The zero-order valence-corrected chi connectivity index (χ0v) is 18.7. The van der Waals surface area contributed by atoms with Gasteiger partial charge in [-0.1, -0.05) is 18.2 Å². The number of guanidine groups is 1. The summed E-state index contributed by atoms with van der Waals surface area (Å²) in [7, 11) is 4.02. The Morgan fingerprint density at radius 1 is 1.13 bits per heavy atom. The third kappa shape index (κ3) is 5.49. The lowest BCUT2D eigenvalue weighted by Crippen LogP contribution is -2.38. The Balaban J connectivity index is 1.67. The number of para-hydroxylation sites is 1. The van der Waals surface area contributed by atoms with E-state index in [1.165, 1.54) is 11.3 Å². The van der Waals surface area contributed by atoms with Crippen LogP contribution >= 0.6 is 0 Å². The molecule has 0 aliphatic carbocycles. The molecule has 0 atom stereocenters. The number of aliphatic imine (C=N–C) groups is 1. The Bertz CT molecular complexity index is 1000. The monoisotopic (exact) mass is 407 g/mol. The molecule has 0 saturated heterocycles. The molecule has 0 spiro atoms. The molecule has 0 radical (unpaired) electrons. The van der Waals surface area contributed by atoms with E-state index in [0.29, 0.717) is 6.54 Å². The first-order valence-electron chi connectivity index (χ1n) is 10.6. The Kier molecular flexibility index (Phi) is 7.27. The second-order valence-corrected chi connectivity index (χ2v) is 7.68. The number of nitrogens with zero attached hydrogens (tertiary/aromatic N) is 5. The molecule has 3 rings (SSSR count). The van der Waals surface area contributed by atoms with E-state index in [1.54, 1.807) is 0 Å². The van der Waals surface area contributed by atoms with Crippen LogP contribution in [0.25, 0.3) is 10.9 Å². The summed E-state index contributed by atoms with van der Waals surface area (Å²) in [6.07, 6.45) is 0.981. The summed E-state index contributed by atoms with van der Waals surface area (Å²) in [6, 6.07) is 12.5. The number of hydrogen-bond donors (Lipinski definition) is 2. The highest BCUT2D eigenvalue weighted by atomic mass is 15.3. The van der Waals surface area contributed by atoms with E-state index in [4.69, 9.17) is 9.98 Å². The molecule has 0 aliphatic heterocycles. The summed E-state index contributed by atoms with van der Waals surface area (Å²) < 4.78 is 2.06. The maximum atomic E-state index is 4.83. The van der Waals surface area contributed by atoms with Crippen molar-refractivity contribution in [2.75, 3.05) is 32.1 Å². The van der Waals surface area contributed by atoms with Crippen LogP contribution in [0.15, 0.2) is 41.4 Å². The summed E-state index contributed by atoms with van der Waals surface area (Å²) in [5, 5.41) is 12.5. The van der Waals surface area contributed by atoms with Gasteiger partial charge in [0.1, 0.15) is 5.82 Å². The van der Waals surface area contributed by atoms with Crippen molar-refractivity contribution in [1.29, 1.82) is 0 Å². The number of aromatic nitrogens is 3. The minimum Gasteiger partial charge on any atom is -0.363 e.